The number of aliphatic carboxylic acids is 1. The van der Waals surface area contributed by atoms with Gasteiger partial charge in [-0.25, -0.2) is 37.7 Å². The van der Waals surface area contributed by atoms with E-state index < -0.39 is 52.2 Å². The minimum Gasteiger partial charge on any atom is -0.546 e. The van der Waals surface area contributed by atoms with Crippen molar-refractivity contribution in [2.75, 3.05) is 37.1 Å². The van der Waals surface area contributed by atoms with Crippen LogP contribution in [-0.4, -0.2) is 104 Å². The van der Waals surface area contributed by atoms with Crippen LogP contribution in [0.4, 0.5) is 24.8 Å². The minimum absolute atomic E-state index is 0. The van der Waals surface area contributed by atoms with Crippen molar-refractivity contribution in [3.8, 4) is 51.8 Å². The molecule has 3 aromatic carbocycles. The van der Waals surface area contributed by atoms with E-state index >= 15 is 0 Å². The molecule has 0 radical (unpaired) electrons. The van der Waals surface area contributed by atoms with Crippen molar-refractivity contribution in [1.29, 1.82) is 0 Å². The summed E-state index contributed by atoms with van der Waals surface area (Å²) in [6, 6.07) is 16.7. The van der Waals surface area contributed by atoms with Crippen LogP contribution in [0, 0.1) is 17.5 Å². The van der Waals surface area contributed by atoms with Crippen molar-refractivity contribution in [3.63, 3.8) is 0 Å². The van der Waals surface area contributed by atoms with Crippen LogP contribution in [0.15, 0.2) is 72.8 Å². The summed E-state index contributed by atoms with van der Waals surface area (Å²) >= 11 is 23.1. The molecular formula is C52H42Cl4F3N8NaO11. The fourth-order valence-electron chi connectivity index (χ4n) is 8.09. The number of carboxylic acids is 1. The molecule has 0 bridgehead atoms. The first-order chi connectivity index (χ1) is 37.2. The molecule has 5 aliphatic rings. The van der Waals surface area contributed by atoms with Gasteiger partial charge in [-0.2, -0.15) is 15.0 Å². The Morgan fingerprint density at radius 2 is 0.861 bits per heavy atom. The summed E-state index contributed by atoms with van der Waals surface area (Å²) in [7, 11) is 2.59. The molecule has 27 heteroatoms. The summed E-state index contributed by atoms with van der Waals surface area (Å²) in [6.07, 6.45) is 4.93. The van der Waals surface area contributed by atoms with E-state index in [-0.39, 0.29) is 103 Å². The predicted octanol–water partition coefficient (Wildman–Crippen LogP) is 5.55. The second kappa shape index (κ2) is 24.1. The molecule has 0 N–H and O–H groups in total. The van der Waals surface area contributed by atoms with E-state index in [1.807, 2.05) is 0 Å². The van der Waals surface area contributed by atoms with Crippen molar-refractivity contribution in [3.05, 3.63) is 110 Å². The van der Waals surface area contributed by atoms with Gasteiger partial charge in [0.1, 0.15) is 34.2 Å². The molecule has 0 atom stereocenters. The van der Waals surface area contributed by atoms with Crippen LogP contribution in [-0.2, 0) is 33.4 Å². The predicted molar refractivity (Wildman–Crippen MR) is 272 cm³/mol. The molecule has 0 spiro atoms. The number of nitrogens with zero attached hydrogens (tertiary/aromatic N) is 8. The molecule has 3 saturated carbocycles. The molecule has 3 aliphatic carbocycles. The summed E-state index contributed by atoms with van der Waals surface area (Å²) in [4.78, 5) is 87.8. The molecule has 0 unspecified atom stereocenters. The number of halogens is 7. The molecule has 2 saturated heterocycles. The Labute approximate surface area is 490 Å². The zero-order valence-corrected chi connectivity index (χ0v) is 47.2. The van der Waals surface area contributed by atoms with Crippen LogP contribution in [0.25, 0.3) is 34.2 Å². The van der Waals surface area contributed by atoms with Gasteiger partial charge in [0.25, 0.3) is 0 Å². The van der Waals surface area contributed by atoms with E-state index in [9.17, 15) is 42.3 Å². The van der Waals surface area contributed by atoms with Gasteiger partial charge in [-0.15, -0.1) is 0 Å². The van der Waals surface area contributed by atoms with E-state index in [1.54, 1.807) is 12.1 Å². The zero-order chi connectivity index (χ0) is 55.7. The molecule has 79 heavy (non-hydrogen) atoms. The van der Waals surface area contributed by atoms with Gasteiger partial charge in [0, 0.05) is 86.5 Å². The largest absolute Gasteiger partial charge is 1.00 e. The number of hydrogen-bond acceptors (Lipinski definition) is 17. The van der Waals surface area contributed by atoms with Crippen molar-refractivity contribution < 1.29 is 95.5 Å². The van der Waals surface area contributed by atoms with Gasteiger partial charge in [-0.1, -0.05) is 46.4 Å². The monoisotopic (exact) mass is 1170 g/mol. The molecule has 2 aliphatic heterocycles. The Kier molecular flexibility index (Phi) is 17.9. The van der Waals surface area contributed by atoms with Gasteiger partial charge < -0.3 is 33.6 Å². The number of carboxylic acid groups (broad SMARTS) is 1. The van der Waals surface area contributed by atoms with Crippen LogP contribution in [0.3, 0.4) is 0 Å². The Hall–Kier alpha value is -6.40. The van der Waals surface area contributed by atoms with Crippen LogP contribution in [0.1, 0.15) is 64.2 Å². The Morgan fingerprint density at radius 3 is 1.16 bits per heavy atom. The molecular weight excluding hydrogens is 1130 g/mol. The number of rotatable bonds is 14. The summed E-state index contributed by atoms with van der Waals surface area (Å²) in [5.41, 5.74) is -2.41. The zero-order valence-electron chi connectivity index (χ0n) is 42.1. The molecule has 6 aromatic rings. The van der Waals surface area contributed by atoms with Gasteiger partial charge in [-0.05, 0) is 80.3 Å². The van der Waals surface area contributed by atoms with E-state index in [0.717, 1.165) is 6.42 Å². The number of aromatic nitrogens is 6. The Balaban J connectivity index is 0.000000156. The fraction of sp³-hybridized carbons (Fsp3) is 0.327. The Bertz CT molecular complexity index is 3400. The molecule has 5 fully saturated rings. The van der Waals surface area contributed by atoms with E-state index in [0.29, 0.717) is 93.4 Å². The number of anilines is 2. The van der Waals surface area contributed by atoms with Crippen molar-refractivity contribution >= 4 is 87.8 Å². The smallest absolute Gasteiger partial charge is 0.546 e. The third-order valence-corrected chi connectivity index (χ3v) is 13.9. The summed E-state index contributed by atoms with van der Waals surface area (Å²) in [5.74, 6) is -2.97. The standard InChI is InChI=1S/C19H17ClFN3O4.C18H15ClFN3O4.C15H11Cl2FN2O3.Na/c1-27-18(26)19(6-7-19)28-15-10-14(24-8-2-3-16(24)25)22-17(23-15)11-4-5-12(20)13(21)9-11;19-11-4-3-10(8-12(11)20)16-21-13(23-7-1-2-15(23)24)9-14(22-16)27-18(5-6-18)17(25)26;1-22-14(21)15(4-5-15)23-12-7-11(17)19-13(20-12)8-2-3-9(16)10(18)6-8;/h4-5,9-10H,2-3,6-8H2,1H3;3-4,8-9H,1-2,5-7H2,(H,25,26);2-3,6-7H,4-5H2,1H3;/q;;;+1/p-1. The number of amides is 2. The van der Waals surface area contributed by atoms with Crippen LogP contribution in [0.2, 0.25) is 20.2 Å². The maximum Gasteiger partial charge on any atom is 1.00 e. The van der Waals surface area contributed by atoms with Crippen LogP contribution >= 0.6 is 46.4 Å². The second-order valence-electron chi connectivity index (χ2n) is 18.4. The van der Waals surface area contributed by atoms with Crippen molar-refractivity contribution in [1.82, 2.24) is 29.9 Å². The first kappa shape index (κ1) is 58.7. The maximum atomic E-state index is 13.9. The molecule has 19 nitrogen and oxygen atoms in total. The van der Waals surface area contributed by atoms with Crippen LogP contribution in [0.5, 0.6) is 17.6 Å². The second-order valence-corrected chi connectivity index (χ2v) is 20.0. The number of carbonyl (C=O) groups excluding carboxylic acids is 5. The minimum atomic E-state index is -1.41. The third-order valence-electron chi connectivity index (χ3n) is 12.8. The summed E-state index contributed by atoms with van der Waals surface area (Å²) in [6.45, 7) is 1.00. The maximum absolute atomic E-state index is 13.9. The fourth-order valence-corrected chi connectivity index (χ4v) is 8.61. The average Bonchev–Trinajstić information content (AvgIpc) is 4.47. The Morgan fingerprint density at radius 1 is 0.519 bits per heavy atom. The first-order valence-electron chi connectivity index (χ1n) is 24.0. The number of benzene rings is 3. The molecule has 11 rings (SSSR count). The number of methoxy groups -OCH3 is 2. The number of ether oxygens (including phenoxy) is 5. The van der Waals surface area contributed by atoms with E-state index in [4.69, 9.17) is 70.1 Å². The number of carbonyl (C=O) groups is 5. The topological polar surface area (TPSA) is 238 Å². The average molecular weight is 1180 g/mol. The van der Waals surface area contributed by atoms with Gasteiger partial charge in [0.15, 0.2) is 23.1 Å². The first-order valence-corrected chi connectivity index (χ1v) is 25.5. The molecule has 406 valence electrons. The molecule has 3 aromatic heterocycles. The van der Waals surface area contributed by atoms with Gasteiger partial charge >= 0.3 is 41.5 Å². The van der Waals surface area contributed by atoms with Crippen LogP contribution < -0.4 is 58.7 Å². The third kappa shape index (κ3) is 13.4. The SMILES string of the molecule is COC(=O)C1(Oc2cc(Cl)nc(-c3ccc(Cl)c(F)c3)n2)CC1.COC(=O)C1(Oc2cc(N3CCCC3=O)nc(-c3ccc(Cl)c(F)c3)n2)CC1.O=C1CCCN1c1cc(OC2(C(=O)[O-])CC2)nc(-c2ccc(Cl)c(F)c2)n1.[Na+]. The normalized spacial score (nSPS) is 16.7. The van der Waals surface area contributed by atoms with E-state index in [1.165, 1.54) is 84.7 Å². The van der Waals surface area contributed by atoms with Gasteiger partial charge in [0.2, 0.25) is 40.7 Å². The molecule has 2 amide bonds. The van der Waals surface area contributed by atoms with Gasteiger partial charge in [0.05, 0.1) is 35.3 Å². The van der Waals surface area contributed by atoms with Gasteiger partial charge in [-0.3, -0.25) is 19.4 Å². The number of esters is 2. The molecule has 5 heterocycles. The van der Waals surface area contributed by atoms with Crippen molar-refractivity contribution in [2.24, 2.45) is 0 Å². The van der Waals surface area contributed by atoms with E-state index in [2.05, 4.69) is 29.9 Å². The summed E-state index contributed by atoms with van der Waals surface area (Å²) in [5, 5.41) is 11.4. The van der Waals surface area contributed by atoms with Crippen molar-refractivity contribution in [2.45, 2.75) is 81.0 Å². The quantitative estimate of drug-likeness (QED) is 0.0738. The summed E-state index contributed by atoms with van der Waals surface area (Å²) < 4.78 is 67.9. The number of hydrogen-bond donors (Lipinski definition) is 0.